The molecule has 8 nitrogen and oxygen atoms in total. The lowest BCUT2D eigenvalue weighted by Crippen LogP contribution is -2.38. The van der Waals surface area contributed by atoms with Crippen LogP contribution in [0.15, 0.2) is 11.6 Å². The van der Waals surface area contributed by atoms with Gasteiger partial charge in [0.05, 0.1) is 6.10 Å². The zero-order valence-electron chi connectivity index (χ0n) is 9.61. The van der Waals surface area contributed by atoms with Gasteiger partial charge in [0.15, 0.2) is 0 Å². The van der Waals surface area contributed by atoms with Crippen molar-refractivity contribution in [3.05, 3.63) is 21.7 Å². The topological polar surface area (TPSA) is 119 Å². The maximum Gasteiger partial charge on any atom is 0.372 e. The zero-order chi connectivity index (χ0) is 13.3. The number of nitrogens with two attached hydrogens (primary N) is 1. The molecule has 4 N–H and O–H groups in total. The molecule has 2 rings (SSSR count). The van der Waals surface area contributed by atoms with Crippen LogP contribution < -0.4 is 11.1 Å². The summed E-state index contributed by atoms with van der Waals surface area (Å²) in [5.41, 5.74) is 5.65. The SMILES string of the molecule is CC(O)C(N)CNc1nc2sccn2c1[N+](=O)[O-]. The van der Waals surface area contributed by atoms with Crippen LogP contribution in [0.5, 0.6) is 0 Å². The van der Waals surface area contributed by atoms with E-state index in [1.54, 1.807) is 18.5 Å². The van der Waals surface area contributed by atoms with Crippen molar-refractivity contribution in [2.75, 3.05) is 11.9 Å². The lowest BCUT2D eigenvalue weighted by molar-refractivity contribution is -0.389. The number of aliphatic hydroxyl groups excluding tert-OH is 1. The highest BCUT2D eigenvalue weighted by Gasteiger charge is 2.24. The van der Waals surface area contributed by atoms with Crippen LogP contribution in [-0.2, 0) is 0 Å². The van der Waals surface area contributed by atoms with E-state index in [0.29, 0.717) is 4.96 Å². The third-order valence-electron chi connectivity index (χ3n) is 2.53. The minimum atomic E-state index is -0.694. The molecule has 0 aliphatic rings. The van der Waals surface area contributed by atoms with Crippen LogP contribution in [0.1, 0.15) is 6.92 Å². The van der Waals surface area contributed by atoms with Gasteiger partial charge in [0.1, 0.15) is 6.20 Å². The van der Waals surface area contributed by atoms with Crippen molar-refractivity contribution in [3.63, 3.8) is 0 Å². The summed E-state index contributed by atoms with van der Waals surface area (Å²) in [5, 5.41) is 24.8. The maximum atomic E-state index is 11.0. The summed E-state index contributed by atoms with van der Waals surface area (Å²) in [7, 11) is 0. The van der Waals surface area contributed by atoms with Crippen LogP contribution in [0.2, 0.25) is 0 Å². The van der Waals surface area contributed by atoms with Crippen molar-refractivity contribution in [1.82, 2.24) is 9.38 Å². The molecule has 2 atom stereocenters. The third kappa shape index (κ3) is 2.28. The number of nitrogens with zero attached hydrogens (tertiary/aromatic N) is 3. The molecule has 2 heterocycles. The summed E-state index contributed by atoms with van der Waals surface area (Å²) < 4.78 is 1.40. The van der Waals surface area contributed by atoms with E-state index in [0.717, 1.165) is 0 Å². The largest absolute Gasteiger partial charge is 0.392 e. The second-order valence-corrected chi connectivity index (χ2v) is 4.76. The highest BCUT2D eigenvalue weighted by Crippen LogP contribution is 2.27. The van der Waals surface area contributed by atoms with Gasteiger partial charge < -0.3 is 26.3 Å². The molecular formula is C9H13N5O3S. The minimum Gasteiger partial charge on any atom is -0.392 e. The second-order valence-electron chi connectivity index (χ2n) is 3.88. The molecule has 98 valence electrons. The van der Waals surface area contributed by atoms with Gasteiger partial charge in [0.2, 0.25) is 5.82 Å². The molecule has 18 heavy (non-hydrogen) atoms. The molecule has 2 aromatic heterocycles. The fraction of sp³-hybridized carbons (Fsp3) is 0.444. The normalized spacial score (nSPS) is 14.6. The van der Waals surface area contributed by atoms with Crippen molar-refractivity contribution in [1.29, 1.82) is 0 Å². The lowest BCUT2D eigenvalue weighted by Gasteiger charge is -2.14. The molecule has 0 saturated carbocycles. The van der Waals surface area contributed by atoms with E-state index in [1.165, 1.54) is 15.7 Å². The smallest absolute Gasteiger partial charge is 0.372 e. The van der Waals surface area contributed by atoms with Crippen molar-refractivity contribution in [3.8, 4) is 0 Å². The van der Waals surface area contributed by atoms with Crippen LogP contribution in [0.3, 0.4) is 0 Å². The highest BCUT2D eigenvalue weighted by molar-refractivity contribution is 7.15. The summed E-state index contributed by atoms with van der Waals surface area (Å²) in [5.74, 6) is 0.0481. The standard InChI is InChI=1S/C9H13N5O3S/c1-5(15)6(10)4-11-7-8(14(16)17)13-2-3-18-9(13)12-7/h2-3,5-6,11,15H,4,10H2,1H3. The fourth-order valence-electron chi connectivity index (χ4n) is 1.45. The van der Waals surface area contributed by atoms with Crippen LogP contribution in [0.4, 0.5) is 11.6 Å². The van der Waals surface area contributed by atoms with E-state index in [1.807, 2.05) is 0 Å². The minimum absolute atomic E-state index is 0.121. The first kappa shape index (κ1) is 12.7. The average molecular weight is 271 g/mol. The summed E-state index contributed by atoms with van der Waals surface area (Å²) in [6.07, 6.45) is 0.894. The summed E-state index contributed by atoms with van der Waals surface area (Å²) >= 11 is 1.31. The molecule has 0 fully saturated rings. The van der Waals surface area contributed by atoms with Crippen molar-refractivity contribution in [2.24, 2.45) is 5.73 Å². The molecular weight excluding hydrogens is 258 g/mol. The molecule has 0 amide bonds. The predicted octanol–water partition coefficient (Wildman–Crippen LogP) is 0.424. The number of fused-ring (bicyclic) bond motifs is 1. The molecule has 0 aliphatic carbocycles. The van der Waals surface area contributed by atoms with Crippen molar-refractivity contribution in [2.45, 2.75) is 19.1 Å². The Balaban J connectivity index is 2.24. The number of aromatic nitrogens is 2. The van der Waals surface area contributed by atoms with Crippen molar-refractivity contribution < 1.29 is 10.0 Å². The molecule has 2 aromatic rings. The van der Waals surface area contributed by atoms with Crippen LogP contribution in [0.25, 0.3) is 4.96 Å². The molecule has 0 saturated heterocycles. The first-order valence-corrected chi connectivity index (χ1v) is 6.16. The number of nitrogens with one attached hydrogen (secondary N) is 1. The van der Waals surface area contributed by atoms with E-state index in [4.69, 9.17) is 5.73 Å². The Hall–Kier alpha value is -1.71. The van der Waals surface area contributed by atoms with Gasteiger partial charge in [-0.1, -0.05) is 11.3 Å². The van der Waals surface area contributed by atoms with Crippen LogP contribution >= 0.6 is 11.3 Å². The number of nitro groups is 1. The molecule has 0 bridgehead atoms. The number of imidazole rings is 1. The highest BCUT2D eigenvalue weighted by atomic mass is 32.1. The van der Waals surface area contributed by atoms with Gasteiger partial charge in [-0.25, -0.2) is 0 Å². The number of thiazole rings is 1. The number of anilines is 1. The number of aliphatic hydroxyl groups is 1. The lowest BCUT2D eigenvalue weighted by atomic mass is 10.2. The second kappa shape index (κ2) is 4.88. The quantitative estimate of drug-likeness (QED) is 0.536. The van der Waals surface area contributed by atoms with Crippen molar-refractivity contribution >= 4 is 27.9 Å². The Kier molecular flexibility index (Phi) is 3.45. The van der Waals surface area contributed by atoms with E-state index in [2.05, 4.69) is 10.3 Å². The Morgan fingerprint density at radius 3 is 3.11 bits per heavy atom. The van der Waals surface area contributed by atoms with Gasteiger partial charge >= 0.3 is 5.82 Å². The zero-order valence-corrected chi connectivity index (χ0v) is 10.4. The van der Waals surface area contributed by atoms with E-state index in [9.17, 15) is 15.2 Å². The molecule has 0 aliphatic heterocycles. The van der Waals surface area contributed by atoms with Gasteiger partial charge in [-0.15, -0.1) is 0 Å². The predicted molar refractivity (Wildman–Crippen MR) is 67.9 cm³/mol. The Bertz CT molecular complexity index is 564. The average Bonchev–Trinajstić information content (AvgIpc) is 2.83. The van der Waals surface area contributed by atoms with E-state index < -0.39 is 17.1 Å². The van der Waals surface area contributed by atoms with Gasteiger partial charge in [0.25, 0.3) is 4.96 Å². The summed E-state index contributed by atoms with van der Waals surface area (Å²) in [6.45, 7) is 1.77. The Labute approximate surface area is 106 Å². The first-order chi connectivity index (χ1) is 8.50. The summed E-state index contributed by atoms with van der Waals surface area (Å²) in [6, 6.07) is -0.510. The van der Waals surface area contributed by atoms with E-state index in [-0.39, 0.29) is 18.2 Å². The van der Waals surface area contributed by atoms with Gasteiger partial charge in [-0.2, -0.15) is 9.38 Å². The Morgan fingerprint density at radius 2 is 2.50 bits per heavy atom. The van der Waals surface area contributed by atoms with Crippen LogP contribution in [0, 0.1) is 10.1 Å². The maximum absolute atomic E-state index is 11.0. The monoisotopic (exact) mass is 271 g/mol. The number of rotatable bonds is 5. The third-order valence-corrected chi connectivity index (χ3v) is 3.29. The van der Waals surface area contributed by atoms with Gasteiger partial charge in [0, 0.05) is 18.0 Å². The van der Waals surface area contributed by atoms with E-state index >= 15 is 0 Å². The fourth-order valence-corrected chi connectivity index (χ4v) is 2.16. The molecule has 0 aromatic carbocycles. The molecule has 0 spiro atoms. The number of hydrogen-bond acceptors (Lipinski definition) is 7. The number of hydrogen-bond donors (Lipinski definition) is 3. The Morgan fingerprint density at radius 1 is 1.78 bits per heavy atom. The molecule has 0 radical (unpaired) electrons. The summed E-state index contributed by atoms with van der Waals surface area (Å²) in [4.78, 5) is 15.2. The molecule has 2 unspecified atom stereocenters. The van der Waals surface area contributed by atoms with Gasteiger partial charge in [-0.05, 0) is 11.8 Å². The van der Waals surface area contributed by atoms with Crippen LogP contribution in [-0.4, -0.2) is 38.1 Å². The van der Waals surface area contributed by atoms with Gasteiger partial charge in [-0.3, -0.25) is 0 Å². The molecule has 9 heteroatoms. The first-order valence-electron chi connectivity index (χ1n) is 5.28.